The van der Waals surface area contributed by atoms with E-state index in [1.54, 1.807) is 0 Å². The molecule has 0 saturated carbocycles. The second-order valence-corrected chi connectivity index (χ2v) is 6.42. The highest BCUT2D eigenvalue weighted by atomic mass is 32.1. The van der Waals surface area contributed by atoms with Gasteiger partial charge >= 0.3 is 0 Å². The first kappa shape index (κ1) is 15.8. The van der Waals surface area contributed by atoms with Crippen LogP contribution in [0, 0.1) is 0 Å². The minimum absolute atomic E-state index is 0.0218. The molecule has 0 spiro atoms. The van der Waals surface area contributed by atoms with Gasteiger partial charge in [-0.2, -0.15) is 0 Å². The van der Waals surface area contributed by atoms with Crippen LogP contribution >= 0.6 is 12.2 Å². The monoisotopic (exact) mass is 305 g/mol. The van der Waals surface area contributed by atoms with Crippen molar-refractivity contribution >= 4 is 34.6 Å². The van der Waals surface area contributed by atoms with Crippen LogP contribution in [0.25, 0.3) is 0 Å². The van der Waals surface area contributed by atoms with E-state index in [1.807, 2.05) is 29.2 Å². The third-order valence-corrected chi connectivity index (χ3v) is 4.05. The first-order chi connectivity index (χ1) is 9.91. The van der Waals surface area contributed by atoms with Gasteiger partial charge in [0.1, 0.15) is 0 Å². The summed E-state index contributed by atoms with van der Waals surface area (Å²) < 4.78 is 0. The van der Waals surface area contributed by atoms with E-state index in [4.69, 9.17) is 12.2 Å². The lowest BCUT2D eigenvalue weighted by Crippen LogP contribution is -2.44. The molecule has 2 N–H and O–H groups in total. The average Bonchev–Trinajstić information content (AvgIpc) is 2.85. The van der Waals surface area contributed by atoms with Crippen molar-refractivity contribution in [2.24, 2.45) is 0 Å². The van der Waals surface area contributed by atoms with E-state index in [2.05, 4.69) is 31.4 Å². The molecule has 1 aromatic carbocycles. The van der Waals surface area contributed by atoms with Gasteiger partial charge in [-0.05, 0) is 63.2 Å². The Morgan fingerprint density at radius 1 is 1.33 bits per heavy atom. The first-order valence-corrected chi connectivity index (χ1v) is 7.82. The van der Waals surface area contributed by atoms with Crippen LogP contribution < -0.4 is 15.5 Å². The fourth-order valence-electron chi connectivity index (χ4n) is 2.20. The predicted octanol–water partition coefficient (Wildman–Crippen LogP) is 3.29. The molecule has 5 heteroatoms. The third-order valence-electron chi connectivity index (χ3n) is 3.85. The minimum Gasteiger partial charge on any atom is -0.358 e. The topological polar surface area (TPSA) is 44.4 Å². The van der Waals surface area contributed by atoms with Gasteiger partial charge in [-0.3, -0.25) is 4.79 Å². The van der Waals surface area contributed by atoms with Gasteiger partial charge in [0.05, 0.1) is 0 Å². The van der Waals surface area contributed by atoms with E-state index >= 15 is 0 Å². The molecule has 1 aliphatic heterocycles. The molecule has 0 aliphatic carbocycles. The molecule has 21 heavy (non-hydrogen) atoms. The molecule has 1 aromatic rings. The molecule has 1 amide bonds. The van der Waals surface area contributed by atoms with E-state index in [-0.39, 0.29) is 11.4 Å². The summed E-state index contributed by atoms with van der Waals surface area (Å²) in [5.41, 5.74) is 1.86. The molecule has 2 rings (SSSR count). The van der Waals surface area contributed by atoms with Crippen LogP contribution in [0.4, 0.5) is 11.4 Å². The molecule has 1 saturated heterocycles. The van der Waals surface area contributed by atoms with Crippen molar-refractivity contribution in [1.29, 1.82) is 0 Å². The molecular formula is C16H23N3OS. The molecule has 1 aliphatic rings. The Morgan fingerprint density at radius 3 is 2.52 bits per heavy atom. The fourth-order valence-corrected chi connectivity index (χ4v) is 2.60. The Labute approximate surface area is 131 Å². The van der Waals surface area contributed by atoms with Gasteiger partial charge in [-0.1, -0.05) is 6.92 Å². The standard InChI is InChI=1S/C16H23N3OS/c1-4-16(2,3)18-15(21)17-12-7-9-13(10-8-12)19-11-5-6-14(19)20/h7-10H,4-6,11H2,1-3H3,(H2,17,18,21). The number of benzene rings is 1. The van der Waals surface area contributed by atoms with Crippen LogP contribution in [0.3, 0.4) is 0 Å². The number of hydrogen-bond donors (Lipinski definition) is 2. The average molecular weight is 305 g/mol. The lowest BCUT2D eigenvalue weighted by atomic mass is 10.0. The Balaban J connectivity index is 1.96. The summed E-state index contributed by atoms with van der Waals surface area (Å²) >= 11 is 5.32. The molecule has 0 radical (unpaired) electrons. The van der Waals surface area contributed by atoms with Crippen molar-refractivity contribution in [2.45, 2.75) is 45.6 Å². The number of nitrogens with zero attached hydrogens (tertiary/aromatic N) is 1. The second-order valence-electron chi connectivity index (χ2n) is 6.01. The summed E-state index contributed by atoms with van der Waals surface area (Å²) in [5, 5.41) is 7.08. The summed E-state index contributed by atoms with van der Waals surface area (Å²) in [5.74, 6) is 0.206. The second kappa shape index (κ2) is 6.43. The summed E-state index contributed by atoms with van der Waals surface area (Å²) in [6.45, 7) is 7.17. The van der Waals surface area contributed by atoms with Gasteiger partial charge in [-0.15, -0.1) is 0 Å². The van der Waals surface area contributed by atoms with Crippen molar-refractivity contribution in [3.8, 4) is 0 Å². The molecule has 0 unspecified atom stereocenters. The Morgan fingerprint density at radius 2 is 2.00 bits per heavy atom. The number of anilines is 2. The number of nitrogens with one attached hydrogen (secondary N) is 2. The SMILES string of the molecule is CCC(C)(C)NC(=S)Nc1ccc(N2CCCC2=O)cc1. The van der Waals surface area contributed by atoms with Crippen LogP contribution in [0.5, 0.6) is 0 Å². The molecule has 0 atom stereocenters. The van der Waals surface area contributed by atoms with Gasteiger partial charge in [0.2, 0.25) is 5.91 Å². The molecule has 4 nitrogen and oxygen atoms in total. The van der Waals surface area contributed by atoms with Crippen molar-refractivity contribution in [3.63, 3.8) is 0 Å². The number of thiocarbonyl (C=S) groups is 1. The van der Waals surface area contributed by atoms with Gasteiger partial charge in [0.25, 0.3) is 0 Å². The molecule has 0 aromatic heterocycles. The largest absolute Gasteiger partial charge is 0.358 e. The van der Waals surface area contributed by atoms with E-state index in [0.29, 0.717) is 11.5 Å². The van der Waals surface area contributed by atoms with Crippen molar-refractivity contribution < 1.29 is 4.79 Å². The molecular weight excluding hydrogens is 282 g/mol. The zero-order chi connectivity index (χ0) is 15.5. The number of amides is 1. The van der Waals surface area contributed by atoms with Crippen molar-refractivity contribution in [3.05, 3.63) is 24.3 Å². The van der Waals surface area contributed by atoms with Crippen LogP contribution in [0.2, 0.25) is 0 Å². The number of rotatable bonds is 4. The molecule has 0 bridgehead atoms. The number of carbonyl (C=O) groups is 1. The van der Waals surface area contributed by atoms with Gasteiger partial charge in [0, 0.05) is 29.9 Å². The van der Waals surface area contributed by atoms with Gasteiger partial charge in [0.15, 0.2) is 5.11 Å². The van der Waals surface area contributed by atoms with E-state index < -0.39 is 0 Å². The maximum absolute atomic E-state index is 11.7. The van der Waals surface area contributed by atoms with E-state index in [9.17, 15) is 4.79 Å². The van der Waals surface area contributed by atoms with Gasteiger partial charge in [-0.25, -0.2) is 0 Å². The van der Waals surface area contributed by atoms with Gasteiger partial charge < -0.3 is 15.5 Å². The number of hydrogen-bond acceptors (Lipinski definition) is 2. The van der Waals surface area contributed by atoms with Crippen LogP contribution in [-0.4, -0.2) is 23.1 Å². The maximum Gasteiger partial charge on any atom is 0.227 e. The summed E-state index contributed by atoms with van der Waals surface area (Å²) in [6.07, 6.45) is 2.59. The van der Waals surface area contributed by atoms with Crippen molar-refractivity contribution in [1.82, 2.24) is 5.32 Å². The van der Waals surface area contributed by atoms with Crippen LogP contribution in [0.1, 0.15) is 40.0 Å². The van der Waals surface area contributed by atoms with Crippen LogP contribution in [-0.2, 0) is 4.79 Å². The first-order valence-electron chi connectivity index (χ1n) is 7.41. The molecule has 1 fully saturated rings. The smallest absolute Gasteiger partial charge is 0.227 e. The van der Waals surface area contributed by atoms with Crippen LogP contribution in [0.15, 0.2) is 24.3 Å². The summed E-state index contributed by atoms with van der Waals surface area (Å²) in [6, 6.07) is 7.82. The molecule has 1 heterocycles. The highest BCUT2D eigenvalue weighted by Crippen LogP contribution is 2.23. The third kappa shape index (κ3) is 4.17. The minimum atomic E-state index is -0.0218. The molecule has 114 valence electrons. The predicted molar refractivity (Wildman–Crippen MR) is 91.8 cm³/mol. The highest BCUT2D eigenvalue weighted by molar-refractivity contribution is 7.80. The normalized spacial score (nSPS) is 15.2. The zero-order valence-corrected chi connectivity index (χ0v) is 13.7. The Bertz CT molecular complexity index is 525. The van der Waals surface area contributed by atoms with E-state index in [0.717, 1.165) is 30.8 Å². The Kier molecular flexibility index (Phi) is 4.83. The Hall–Kier alpha value is -1.62. The lowest BCUT2D eigenvalue weighted by Gasteiger charge is -2.26. The summed E-state index contributed by atoms with van der Waals surface area (Å²) in [4.78, 5) is 13.5. The highest BCUT2D eigenvalue weighted by Gasteiger charge is 2.21. The zero-order valence-electron chi connectivity index (χ0n) is 12.9. The maximum atomic E-state index is 11.7. The van der Waals surface area contributed by atoms with Crippen molar-refractivity contribution in [2.75, 3.05) is 16.8 Å². The fraction of sp³-hybridized carbons (Fsp3) is 0.500. The van der Waals surface area contributed by atoms with E-state index in [1.165, 1.54) is 0 Å². The lowest BCUT2D eigenvalue weighted by molar-refractivity contribution is -0.117. The summed E-state index contributed by atoms with van der Waals surface area (Å²) in [7, 11) is 0. The quantitative estimate of drug-likeness (QED) is 0.838. The number of carbonyl (C=O) groups excluding carboxylic acids is 1.